The first kappa shape index (κ1) is 13.7. The van der Waals surface area contributed by atoms with Crippen LogP contribution < -0.4 is 9.47 Å². The molecule has 0 radical (unpaired) electrons. The van der Waals surface area contributed by atoms with Gasteiger partial charge in [-0.3, -0.25) is 4.79 Å². The first-order valence-electron chi connectivity index (χ1n) is 7.01. The first-order valence-corrected chi connectivity index (χ1v) is 7.01. The van der Waals surface area contributed by atoms with E-state index in [9.17, 15) is 9.90 Å². The van der Waals surface area contributed by atoms with Crippen LogP contribution in [0.1, 0.15) is 24.8 Å². The molecule has 0 unspecified atom stereocenters. The number of carboxylic acids is 1. The molecule has 0 bridgehead atoms. The van der Waals surface area contributed by atoms with E-state index in [4.69, 9.17) is 9.47 Å². The zero-order valence-electron chi connectivity index (χ0n) is 12.2. The maximum atomic E-state index is 11.8. The predicted molar refractivity (Wildman–Crippen MR) is 80.2 cm³/mol. The highest BCUT2D eigenvalue weighted by Crippen LogP contribution is 2.51. The van der Waals surface area contributed by atoms with Crippen molar-refractivity contribution in [1.82, 2.24) is 0 Å². The van der Waals surface area contributed by atoms with Crippen LogP contribution in [0.3, 0.4) is 0 Å². The number of hydrogen-bond donors (Lipinski definition) is 1. The summed E-state index contributed by atoms with van der Waals surface area (Å²) in [7, 11) is 3.19. The molecule has 110 valence electrons. The number of methoxy groups -OCH3 is 2. The van der Waals surface area contributed by atoms with Gasteiger partial charge in [0.25, 0.3) is 0 Å². The molecular weight excluding hydrogens is 268 g/mol. The Kier molecular flexibility index (Phi) is 3.24. The molecular formula is C17H18O4. The van der Waals surface area contributed by atoms with Gasteiger partial charge in [0.1, 0.15) is 11.5 Å². The van der Waals surface area contributed by atoms with E-state index in [2.05, 4.69) is 0 Å². The van der Waals surface area contributed by atoms with Crippen LogP contribution in [0.25, 0.3) is 10.8 Å². The van der Waals surface area contributed by atoms with Gasteiger partial charge in [-0.15, -0.1) is 0 Å². The van der Waals surface area contributed by atoms with E-state index >= 15 is 0 Å². The van der Waals surface area contributed by atoms with Gasteiger partial charge in [-0.25, -0.2) is 0 Å². The maximum Gasteiger partial charge on any atom is 0.314 e. The Balaban J connectivity index is 2.35. The van der Waals surface area contributed by atoms with Crippen molar-refractivity contribution >= 4 is 16.7 Å². The van der Waals surface area contributed by atoms with Gasteiger partial charge in [-0.1, -0.05) is 30.7 Å². The number of carboxylic acid groups (broad SMARTS) is 1. The lowest BCUT2D eigenvalue weighted by molar-refractivity contribution is -0.147. The zero-order chi connectivity index (χ0) is 15.0. The van der Waals surface area contributed by atoms with Crippen LogP contribution in [0.15, 0.2) is 30.3 Å². The molecule has 1 saturated carbocycles. The highest BCUT2D eigenvalue weighted by molar-refractivity contribution is 5.97. The molecule has 21 heavy (non-hydrogen) atoms. The number of carbonyl (C=O) groups is 1. The van der Waals surface area contributed by atoms with E-state index < -0.39 is 11.4 Å². The fourth-order valence-electron chi connectivity index (χ4n) is 3.19. The van der Waals surface area contributed by atoms with E-state index in [-0.39, 0.29) is 0 Å². The summed E-state index contributed by atoms with van der Waals surface area (Å²) in [6.45, 7) is 0. The van der Waals surface area contributed by atoms with Gasteiger partial charge in [0.05, 0.1) is 19.6 Å². The number of benzene rings is 2. The minimum absolute atomic E-state index is 0.639. The molecule has 4 heteroatoms. The van der Waals surface area contributed by atoms with Crippen LogP contribution in [-0.2, 0) is 10.2 Å². The molecule has 2 aromatic carbocycles. The molecule has 0 heterocycles. The fourth-order valence-corrected chi connectivity index (χ4v) is 3.19. The van der Waals surface area contributed by atoms with E-state index in [1.54, 1.807) is 14.2 Å². The second-order valence-electron chi connectivity index (χ2n) is 5.45. The van der Waals surface area contributed by atoms with Crippen LogP contribution in [0, 0.1) is 0 Å². The van der Waals surface area contributed by atoms with Crippen molar-refractivity contribution in [2.24, 2.45) is 0 Å². The van der Waals surface area contributed by atoms with E-state index in [1.165, 1.54) is 0 Å². The molecule has 1 aliphatic carbocycles. The molecule has 0 aliphatic heterocycles. The number of ether oxygens (including phenoxy) is 2. The average molecular weight is 286 g/mol. The summed E-state index contributed by atoms with van der Waals surface area (Å²) >= 11 is 0. The third-order valence-electron chi connectivity index (χ3n) is 4.51. The lowest BCUT2D eigenvalue weighted by Crippen LogP contribution is -2.42. The highest BCUT2D eigenvalue weighted by atomic mass is 16.5. The van der Waals surface area contributed by atoms with Gasteiger partial charge in [-0.2, -0.15) is 0 Å². The Hall–Kier alpha value is -2.23. The van der Waals surface area contributed by atoms with Gasteiger partial charge in [0.2, 0.25) is 0 Å². The number of hydrogen-bond acceptors (Lipinski definition) is 3. The normalized spacial score (nSPS) is 16.3. The van der Waals surface area contributed by atoms with E-state index in [0.717, 1.165) is 22.8 Å². The minimum Gasteiger partial charge on any atom is -0.496 e. The maximum absolute atomic E-state index is 11.8. The second-order valence-corrected chi connectivity index (χ2v) is 5.45. The molecule has 0 atom stereocenters. The van der Waals surface area contributed by atoms with Gasteiger partial charge in [-0.05, 0) is 18.9 Å². The third-order valence-corrected chi connectivity index (χ3v) is 4.51. The molecule has 4 nitrogen and oxygen atoms in total. The summed E-state index contributed by atoms with van der Waals surface area (Å²) in [5, 5.41) is 11.5. The zero-order valence-corrected chi connectivity index (χ0v) is 12.2. The van der Waals surface area contributed by atoms with Crippen molar-refractivity contribution in [3.63, 3.8) is 0 Å². The Morgan fingerprint density at radius 2 is 1.81 bits per heavy atom. The minimum atomic E-state index is -0.845. The first-order chi connectivity index (χ1) is 10.1. The van der Waals surface area contributed by atoms with Crippen LogP contribution in [0.4, 0.5) is 0 Å². The quantitative estimate of drug-likeness (QED) is 0.936. The number of fused-ring (bicyclic) bond motifs is 1. The Bertz CT molecular complexity index is 701. The van der Waals surface area contributed by atoms with Crippen molar-refractivity contribution in [2.75, 3.05) is 14.2 Å². The van der Waals surface area contributed by atoms with Gasteiger partial charge in [0, 0.05) is 16.3 Å². The smallest absolute Gasteiger partial charge is 0.314 e. The van der Waals surface area contributed by atoms with Crippen LogP contribution >= 0.6 is 0 Å². The van der Waals surface area contributed by atoms with Gasteiger partial charge >= 0.3 is 5.97 Å². The van der Waals surface area contributed by atoms with Crippen LogP contribution in [-0.4, -0.2) is 25.3 Å². The second kappa shape index (κ2) is 4.95. The molecule has 1 fully saturated rings. The average Bonchev–Trinajstić information content (AvgIpc) is 2.44. The number of aliphatic carboxylic acids is 1. The lowest BCUT2D eigenvalue weighted by atomic mass is 9.64. The largest absolute Gasteiger partial charge is 0.496 e. The Morgan fingerprint density at radius 3 is 2.29 bits per heavy atom. The Labute approximate surface area is 123 Å². The molecule has 0 spiro atoms. The molecule has 3 rings (SSSR count). The molecule has 2 aromatic rings. The molecule has 0 aromatic heterocycles. The van der Waals surface area contributed by atoms with Crippen molar-refractivity contribution in [3.8, 4) is 11.5 Å². The summed E-state index contributed by atoms with van der Waals surface area (Å²) in [5.41, 5.74) is -0.123. The van der Waals surface area contributed by atoms with Crippen molar-refractivity contribution < 1.29 is 19.4 Å². The molecule has 1 N–H and O–H groups in total. The topological polar surface area (TPSA) is 55.8 Å². The highest BCUT2D eigenvalue weighted by Gasteiger charge is 2.48. The van der Waals surface area contributed by atoms with Crippen LogP contribution in [0.5, 0.6) is 11.5 Å². The van der Waals surface area contributed by atoms with E-state index in [1.807, 2.05) is 30.3 Å². The van der Waals surface area contributed by atoms with Crippen LogP contribution in [0.2, 0.25) is 0 Å². The fraction of sp³-hybridized carbons (Fsp3) is 0.353. The monoisotopic (exact) mass is 286 g/mol. The Morgan fingerprint density at radius 1 is 1.14 bits per heavy atom. The SMILES string of the molecule is COc1cc(C2(C(=O)O)CCC2)c(OC)c2ccccc12. The summed E-state index contributed by atoms with van der Waals surface area (Å²) in [4.78, 5) is 11.8. The van der Waals surface area contributed by atoms with Crippen molar-refractivity contribution in [1.29, 1.82) is 0 Å². The summed E-state index contributed by atoms with van der Waals surface area (Å²) in [6, 6.07) is 9.57. The molecule has 0 amide bonds. The molecule has 0 saturated heterocycles. The standard InChI is InChI=1S/C17H18O4/c1-20-14-10-13(17(16(18)19)8-5-9-17)15(21-2)12-7-4-3-6-11(12)14/h3-4,6-7,10H,5,8-9H2,1-2H3,(H,18,19). The van der Waals surface area contributed by atoms with Crippen molar-refractivity contribution in [3.05, 3.63) is 35.9 Å². The van der Waals surface area contributed by atoms with Crippen molar-refractivity contribution in [2.45, 2.75) is 24.7 Å². The third kappa shape index (κ3) is 1.86. The predicted octanol–water partition coefficient (Wildman–Crippen LogP) is 3.36. The number of rotatable bonds is 4. The summed E-state index contributed by atoms with van der Waals surface area (Å²) < 4.78 is 11.0. The van der Waals surface area contributed by atoms with E-state index in [0.29, 0.717) is 24.3 Å². The van der Waals surface area contributed by atoms with Gasteiger partial charge < -0.3 is 14.6 Å². The summed E-state index contributed by atoms with van der Waals surface area (Å²) in [6.07, 6.45) is 2.20. The lowest BCUT2D eigenvalue weighted by Gasteiger charge is -2.39. The van der Waals surface area contributed by atoms with Gasteiger partial charge in [0.15, 0.2) is 0 Å². The summed E-state index contributed by atoms with van der Waals surface area (Å²) in [5.74, 6) is 0.548. The molecule has 1 aliphatic rings.